The van der Waals surface area contributed by atoms with Gasteiger partial charge in [0.1, 0.15) is 12.1 Å². The second kappa shape index (κ2) is 11.4. The van der Waals surface area contributed by atoms with Gasteiger partial charge in [-0.1, -0.05) is 49.6 Å². The largest absolute Gasteiger partial charge is 0.418 e. The highest BCUT2D eigenvalue weighted by Gasteiger charge is 2.54. The zero-order chi connectivity index (χ0) is 28.3. The van der Waals surface area contributed by atoms with E-state index >= 15 is 0 Å². The van der Waals surface area contributed by atoms with Crippen molar-refractivity contribution < 1.29 is 27.6 Å². The van der Waals surface area contributed by atoms with Crippen molar-refractivity contribution in [2.24, 2.45) is 0 Å². The number of urea groups is 1. The fourth-order valence-corrected chi connectivity index (χ4v) is 6.13. The smallest absolute Gasteiger partial charge is 0.352 e. The minimum atomic E-state index is -4.60. The monoisotopic (exact) mass is 557 g/mol. The molecule has 0 atom stereocenters. The molecule has 2 N–H and O–H groups in total. The van der Waals surface area contributed by atoms with Gasteiger partial charge >= 0.3 is 12.2 Å². The van der Waals surface area contributed by atoms with Crippen molar-refractivity contribution in [2.75, 3.05) is 36.5 Å². The summed E-state index contributed by atoms with van der Waals surface area (Å²) >= 11 is 0. The van der Waals surface area contributed by atoms with Crippen molar-refractivity contribution in [1.29, 1.82) is 0 Å². The van der Waals surface area contributed by atoms with Gasteiger partial charge in [-0.2, -0.15) is 13.2 Å². The van der Waals surface area contributed by atoms with Gasteiger partial charge in [-0.25, -0.2) is 4.79 Å². The number of rotatable bonds is 5. The number of alkyl halides is 3. The number of halogens is 3. The third-order valence-corrected chi connectivity index (χ3v) is 8.24. The van der Waals surface area contributed by atoms with Gasteiger partial charge in [-0.3, -0.25) is 9.59 Å². The number of nitrogens with zero attached hydrogens (tertiary/aromatic N) is 3. The summed E-state index contributed by atoms with van der Waals surface area (Å²) in [7, 11) is 0. The van der Waals surface area contributed by atoms with E-state index in [1.54, 1.807) is 4.90 Å². The van der Waals surface area contributed by atoms with E-state index in [1.165, 1.54) is 29.5 Å². The highest BCUT2D eigenvalue weighted by atomic mass is 19.4. The molecule has 1 saturated carbocycles. The molecule has 0 bridgehead atoms. The lowest BCUT2D eigenvalue weighted by molar-refractivity contribution is -0.137. The molecule has 214 valence electrons. The Morgan fingerprint density at radius 1 is 0.925 bits per heavy atom. The molecule has 3 aliphatic rings. The first-order valence-corrected chi connectivity index (χ1v) is 13.8. The third kappa shape index (κ3) is 5.73. The summed E-state index contributed by atoms with van der Waals surface area (Å²) < 4.78 is 40.2. The Balaban J connectivity index is 1.29. The Kier molecular flexibility index (Phi) is 7.91. The Bertz CT molecular complexity index is 1220. The number of likely N-dealkylation sites (tertiary alicyclic amines) is 1. The van der Waals surface area contributed by atoms with E-state index in [2.05, 4.69) is 10.6 Å². The number of amides is 4. The highest BCUT2D eigenvalue weighted by Crippen LogP contribution is 2.40. The lowest BCUT2D eigenvalue weighted by Crippen LogP contribution is -2.58. The van der Waals surface area contributed by atoms with Gasteiger partial charge in [-0.05, 0) is 49.9 Å². The van der Waals surface area contributed by atoms with Crippen molar-refractivity contribution in [3.63, 3.8) is 0 Å². The fourth-order valence-electron chi connectivity index (χ4n) is 6.13. The minimum Gasteiger partial charge on any atom is -0.352 e. The second-order valence-electron chi connectivity index (χ2n) is 10.8. The maximum atomic E-state index is 13.9. The summed E-state index contributed by atoms with van der Waals surface area (Å²) in [5, 5.41) is 5.48. The number of nitrogens with one attached hydrogen (secondary N) is 2. The van der Waals surface area contributed by atoms with E-state index in [1.807, 2.05) is 35.2 Å². The van der Waals surface area contributed by atoms with Gasteiger partial charge in [0.2, 0.25) is 5.91 Å². The van der Waals surface area contributed by atoms with Crippen LogP contribution < -0.4 is 15.5 Å². The van der Waals surface area contributed by atoms with Crippen LogP contribution >= 0.6 is 0 Å². The fraction of sp³-hybridized carbons (Fsp3) is 0.483. The molecule has 1 aliphatic carbocycles. The van der Waals surface area contributed by atoms with Crippen LogP contribution in [0.15, 0.2) is 54.6 Å². The van der Waals surface area contributed by atoms with Crippen LogP contribution in [0.2, 0.25) is 0 Å². The number of carbonyl (C=O) groups excluding carboxylic acids is 3. The SMILES string of the molecule is O=C(CN1CN(c2ccccc2)C2(CCN(C(=O)Nc3ccccc3C(F)(F)F)CC2)C1=O)NC1CCCCC1. The number of piperidine rings is 1. The average Bonchev–Trinajstić information content (AvgIpc) is 3.20. The Labute approximate surface area is 231 Å². The number of hydrogen-bond acceptors (Lipinski definition) is 4. The summed E-state index contributed by atoms with van der Waals surface area (Å²) in [6.45, 7) is 0.555. The second-order valence-corrected chi connectivity index (χ2v) is 10.8. The van der Waals surface area contributed by atoms with E-state index in [9.17, 15) is 27.6 Å². The first-order chi connectivity index (χ1) is 19.2. The van der Waals surface area contributed by atoms with Crippen molar-refractivity contribution in [3.8, 4) is 0 Å². The number of carbonyl (C=O) groups is 3. The number of anilines is 2. The molecule has 0 aromatic heterocycles. The van der Waals surface area contributed by atoms with Crippen LogP contribution in [0.3, 0.4) is 0 Å². The normalized spacial score (nSPS) is 19.7. The predicted octanol–water partition coefficient (Wildman–Crippen LogP) is 4.83. The molecule has 4 amide bonds. The zero-order valence-corrected chi connectivity index (χ0v) is 22.3. The lowest BCUT2D eigenvalue weighted by Gasteiger charge is -2.43. The molecule has 8 nitrogen and oxygen atoms in total. The standard InChI is InChI=1S/C29H34F3N5O3/c30-29(31,32)23-13-7-8-14-24(23)34-27(40)35-17-15-28(16-18-35)26(39)36(20-37(28)22-11-5-2-6-12-22)19-25(38)33-21-9-3-1-4-10-21/h2,5-8,11-14,21H,1,3-4,9-10,15-20H2,(H,33,38)(H,34,40). The Morgan fingerprint density at radius 2 is 1.57 bits per heavy atom. The number of hydrogen-bond donors (Lipinski definition) is 2. The molecular formula is C29H34F3N5O3. The summed E-state index contributed by atoms with van der Waals surface area (Å²) in [6, 6.07) is 13.8. The lowest BCUT2D eigenvalue weighted by atomic mass is 9.85. The molecule has 0 radical (unpaired) electrons. The molecular weight excluding hydrogens is 523 g/mol. The molecule has 3 fully saturated rings. The van der Waals surface area contributed by atoms with E-state index < -0.39 is 23.3 Å². The molecule has 2 aromatic carbocycles. The van der Waals surface area contributed by atoms with Crippen LogP contribution in [0.25, 0.3) is 0 Å². The number of para-hydroxylation sites is 2. The molecule has 2 heterocycles. The van der Waals surface area contributed by atoms with E-state index in [4.69, 9.17) is 0 Å². The predicted molar refractivity (Wildman–Crippen MR) is 145 cm³/mol. The molecule has 1 spiro atoms. The van der Waals surface area contributed by atoms with Crippen molar-refractivity contribution in [1.82, 2.24) is 15.1 Å². The van der Waals surface area contributed by atoms with E-state index in [-0.39, 0.29) is 62.7 Å². The highest BCUT2D eigenvalue weighted by molar-refractivity contribution is 5.97. The van der Waals surface area contributed by atoms with Gasteiger partial charge in [0.15, 0.2) is 0 Å². The first kappa shape index (κ1) is 27.8. The molecule has 5 rings (SSSR count). The zero-order valence-electron chi connectivity index (χ0n) is 22.3. The molecule has 2 aromatic rings. The minimum absolute atomic E-state index is 0.0428. The van der Waals surface area contributed by atoms with Crippen LogP contribution in [-0.4, -0.2) is 65.5 Å². The molecule has 0 unspecified atom stereocenters. The quantitative estimate of drug-likeness (QED) is 0.552. The molecule has 11 heteroatoms. The maximum absolute atomic E-state index is 13.9. The average molecular weight is 558 g/mol. The van der Waals surface area contributed by atoms with Crippen molar-refractivity contribution in [2.45, 2.75) is 62.7 Å². The van der Waals surface area contributed by atoms with Crippen LogP contribution in [-0.2, 0) is 15.8 Å². The Hall–Kier alpha value is -3.76. The van der Waals surface area contributed by atoms with Crippen molar-refractivity contribution in [3.05, 3.63) is 60.2 Å². The van der Waals surface area contributed by atoms with Crippen molar-refractivity contribution >= 4 is 29.2 Å². The van der Waals surface area contributed by atoms with Gasteiger partial charge < -0.3 is 25.3 Å². The van der Waals surface area contributed by atoms with Gasteiger partial charge in [0.25, 0.3) is 5.91 Å². The summed E-state index contributed by atoms with van der Waals surface area (Å²) in [5.74, 6) is -0.344. The Morgan fingerprint density at radius 3 is 2.25 bits per heavy atom. The van der Waals surface area contributed by atoms with E-state index in [0.717, 1.165) is 37.4 Å². The van der Waals surface area contributed by atoms with Gasteiger partial charge in [-0.15, -0.1) is 0 Å². The van der Waals surface area contributed by atoms with Gasteiger partial charge in [0, 0.05) is 24.8 Å². The van der Waals surface area contributed by atoms with E-state index in [0.29, 0.717) is 0 Å². The first-order valence-electron chi connectivity index (χ1n) is 13.8. The molecule has 40 heavy (non-hydrogen) atoms. The topological polar surface area (TPSA) is 85.0 Å². The maximum Gasteiger partial charge on any atom is 0.418 e. The molecule has 2 saturated heterocycles. The molecule has 2 aliphatic heterocycles. The number of benzene rings is 2. The van der Waals surface area contributed by atoms with Crippen LogP contribution in [0.5, 0.6) is 0 Å². The summed E-state index contributed by atoms with van der Waals surface area (Å²) in [6.07, 6.45) is 1.22. The van der Waals surface area contributed by atoms with Gasteiger partial charge in [0.05, 0.1) is 17.9 Å². The van der Waals surface area contributed by atoms with Crippen LogP contribution in [0, 0.1) is 0 Å². The third-order valence-electron chi connectivity index (χ3n) is 8.24. The van der Waals surface area contributed by atoms with Crippen LogP contribution in [0.4, 0.5) is 29.3 Å². The summed E-state index contributed by atoms with van der Waals surface area (Å²) in [4.78, 5) is 44.7. The summed E-state index contributed by atoms with van der Waals surface area (Å²) in [5.41, 5.74) is -1.34. The van der Waals surface area contributed by atoms with Crippen LogP contribution in [0.1, 0.15) is 50.5 Å².